The number of hydrogen-bond acceptors (Lipinski definition) is 1. The molecule has 1 aliphatic rings. The Morgan fingerprint density at radius 2 is 1.67 bits per heavy atom. The first kappa shape index (κ1) is 12.3. The number of terminal acetylenes is 1. The molecule has 1 heteroatoms. The third-order valence-corrected chi connectivity index (χ3v) is 3.17. The third-order valence-electron chi connectivity index (χ3n) is 3.17. The first-order valence-corrected chi connectivity index (χ1v) is 6.12. The Labute approximate surface area is 93.6 Å². The summed E-state index contributed by atoms with van der Waals surface area (Å²) in [6.07, 6.45) is 11.8. The molecule has 1 aliphatic carbocycles. The predicted molar refractivity (Wildman–Crippen MR) is 64.4 cm³/mol. The van der Waals surface area contributed by atoms with Crippen molar-refractivity contribution in [1.29, 1.82) is 0 Å². The molecule has 1 N–H and O–H groups in total. The molecule has 0 aromatic rings. The predicted octanol–water partition coefficient (Wildman–Crippen LogP) is 3.29. The largest absolute Gasteiger partial charge is 0.379 e. The molecule has 0 aromatic heterocycles. The van der Waals surface area contributed by atoms with Crippen LogP contribution < -0.4 is 0 Å². The van der Waals surface area contributed by atoms with Crippen LogP contribution in [0.2, 0.25) is 0 Å². The number of aliphatic hydroxyl groups excluding tert-OH is 1. The maximum Gasteiger partial charge on any atom is 0.124 e. The van der Waals surface area contributed by atoms with E-state index in [2.05, 4.69) is 19.8 Å². The average molecular weight is 206 g/mol. The van der Waals surface area contributed by atoms with Gasteiger partial charge in [0, 0.05) is 5.92 Å². The maximum absolute atomic E-state index is 9.66. The monoisotopic (exact) mass is 206 g/mol. The Hall–Kier alpha value is -0.740. The molecule has 1 unspecified atom stereocenters. The summed E-state index contributed by atoms with van der Waals surface area (Å²) in [6.45, 7) is 4.39. The summed E-state index contributed by atoms with van der Waals surface area (Å²) in [4.78, 5) is 0. The highest BCUT2D eigenvalue weighted by Crippen LogP contribution is 2.47. The maximum atomic E-state index is 9.66. The number of aliphatic hydroxyl groups is 1. The van der Waals surface area contributed by atoms with Gasteiger partial charge in [0.25, 0.3) is 0 Å². The first-order valence-electron chi connectivity index (χ1n) is 6.12. The van der Waals surface area contributed by atoms with Crippen molar-refractivity contribution in [3.8, 4) is 12.3 Å². The summed E-state index contributed by atoms with van der Waals surface area (Å²) in [7, 11) is 0. The number of hydrogen-bond donors (Lipinski definition) is 1. The molecule has 1 nitrogen and oxygen atoms in total. The van der Waals surface area contributed by atoms with E-state index in [0.717, 1.165) is 12.8 Å². The molecule has 0 spiro atoms. The van der Waals surface area contributed by atoms with Gasteiger partial charge in [0.15, 0.2) is 0 Å². The minimum absolute atomic E-state index is 0.244. The molecule has 0 amide bonds. The number of rotatable bonds is 7. The topological polar surface area (TPSA) is 20.2 Å². The smallest absolute Gasteiger partial charge is 0.124 e. The van der Waals surface area contributed by atoms with Crippen molar-refractivity contribution in [2.45, 2.75) is 58.5 Å². The van der Waals surface area contributed by atoms with Gasteiger partial charge in [-0.15, -0.1) is 6.42 Å². The van der Waals surface area contributed by atoms with E-state index in [1.54, 1.807) is 0 Å². The molecular weight excluding hydrogens is 184 g/mol. The molecule has 0 saturated heterocycles. The van der Waals surface area contributed by atoms with Gasteiger partial charge in [-0.2, -0.15) is 0 Å². The van der Waals surface area contributed by atoms with Crippen LogP contribution in [-0.4, -0.2) is 11.2 Å². The Bertz CT molecular complexity index is 252. The molecule has 0 radical (unpaired) electrons. The summed E-state index contributed by atoms with van der Waals surface area (Å²) >= 11 is 0. The van der Waals surface area contributed by atoms with E-state index in [0.29, 0.717) is 0 Å². The highest BCUT2D eigenvalue weighted by Gasteiger charge is 2.39. The lowest BCUT2D eigenvalue weighted by molar-refractivity contribution is 0.211. The number of unbranched alkanes of at least 4 members (excludes halogenated alkanes) is 2. The van der Waals surface area contributed by atoms with Crippen molar-refractivity contribution >= 4 is 0 Å². The molecule has 0 aromatic carbocycles. The summed E-state index contributed by atoms with van der Waals surface area (Å²) < 4.78 is 0. The second-order valence-corrected chi connectivity index (χ2v) is 4.35. The third kappa shape index (κ3) is 3.11. The van der Waals surface area contributed by atoms with Gasteiger partial charge >= 0.3 is 0 Å². The van der Waals surface area contributed by atoms with Crippen LogP contribution in [0.15, 0.2) is 11.1 Å². The summed E-state index contributed by atoms with van der Waals surface area (Å²) in [5, 5.41) is 9.66. The average Bonchev–Trinajstić information content (AvgIpc) is 2.95. The fraction of sp³-hybridized carbons (Fsp3) is 0.714. The van der Waals surface area contributed by atoms with Crippen molar-refractivity contribution in [2.24, 2.45) is 5.92 Å². The normalized spacial score (nSPS) is 17.7. The summed E-state index contributed by atoms with van der Waals surface area (Å²) in [5.74, 6) is 2.70. The second kappa shape index (κ2) is 5.98. The lowest BCUT2D eigenvalue weighted by Gasteiger charge is -2.03. The molecule has 0 saturated carbocycles. The molecule has 0 aliphatic heterocycles. The quantitative estimate of drug-likeness (QED) is 0.500. The van der Waals surface area contributed by atoms with Crippen molar-refractivity contribution in [3.63, 3.8) is 0 Å². The van der Waals surface area contributed by atoms with Crippen LogP contribution in [0.1, 0.15) is 52.4 Å². The van der Waals surface area contributed by atoms with Gasteiger partial charge in [-0.05, 0) is 25.7 Å². The Balaban J connectivity index is 2.45. The van der Waals surface area contributed by atoms with Crippen LogP contribution in [-0.2, 0) is 0 Å². The van der Waals surface area contributed by atoms with E-state index in [1.165, 1.54) is 36.8 Å². The zero-order valence-electron chi connectivity index (χ0n) is 9.92. The minimum Gasteiger partial charge on any atom is -0.379 e. The highest BCUT2D eigenvalue weighted by molar-refractivity contribution is 5.44. The van der Waals surface area contributed by atoms with Crippen LogP contribution in [0.25, 0.3) is 0 Å². The van der Waals surface area contributed by atoms with E-state index in [4.69, 9.17) is 6.42 Å². The molecule has 1 atom stereocenters. The lowest BCUT2D eigenvalue weighted by atomic mass is 10.1. The van der Waals surface area contributed by atoms with Gasteiger partial charge in [0.05, 0.1) is 0 Å². The highest BCUT2D eigenvalue weighted by atomic mass is 16.3. The van der Waals surface area contributed by atoms with Crippen LogP contribution in [0.5, 0.6) is 0 Å². The Morgan fingerprint density at radius 1 is 1.20 bits per heavy atom. The van der Waals surface area contributed by atoms with E-state index >= 15 is 0 Å². The van der Waals surface area contributed by atoms with Crippen LogP contribution in [0.4, 0.5) is 0 Å². The molecule has 0 fully saturated rings. The molecular formula is C14H22O. The summed E-state index contributed by atoms with van der Waals surface area (Å²) in [5.41, 5.74) is 2.91. The minimum atomic E-state index is -0.566. The van der Waals surface area contributed by atoms with E-state index < -0.39 is 6.10 Å². The van der Waals surface area contributed by atoms with Crippen molar-refractivity contribution in [2.75, 3.05) is 0 Å². The molecule has 0 heterocycles. The molecule has 1 rings (SSSR count). The van der Waals surface area contributed by atoms with Gasteiger partial charge in [-0.3, -0.25) is 0 Å². The molecule has 0 bridgehead atoms. The zero-order chi connectivity index (χ0) is 11.3. The second-order valence-electron chi connectivity index (χ2n) is 4.35. The molecule has 15 heavy (non-hydrogen) atoms. The van der Waals surface area contributed by atoms with Gasteiger partial charge in [0.2, 0.25) is 0 Å². The van der Waals surface area contributed by atoms with Crippen LogP contribution >= 0.6 is 0 Å². The lowest BCUT2D eigenvalue weighted by Crippen LogP contribution is -2.09. The van der Waals surface area contributed by atoms with Gasteiger partial charge in [-0.25, -0.2) is 0 Å². The van der Waals surface area contributed by atoms with Crippen LogP contribution in [0.3, 0.4) is 0 Å². The Kier molecular flexibility index (Phi) is 4.91. The SMILES string of the molecule is C#CC(O)C1C(CCCC)=C1CCCC. The summed E-state index contributed by atoms with van der Waals surface area (Å²) in [6, 6.07) is 0. The van der Waals surface area contributed by atoms with E-state index in [-0.39, 0.29) is 5.92 Å². The zero-order valence-corrected chi connectivity index (χ0v) is 9.92. The van der Waals surface area contributed by atoms with E-state index in [1.807, 2.05) is 0 Å². The molecule has 84 valence electrons. The van der Waals surface area contributed by atoms with Crippen molar-refractivity contribution < 1.29 is 5.11 Å². The van der Waals surface area contributed by atoms with E-state index in [9.17, 15) is 5.11 Å². The first-order chi connectivity index (χ1) is 7.26. The fourth-order valence-corrected chi connectivity index (χ4v) is 2.18. The standard InChI is InChI=1S/C14H22O/c1-4-7-9-11-12(10-8-5-2)14(11)13(15)6-3/h3,13-15H,4-5,7-10H2,1-2H3. The van der Waals surface area contributed by atoms with Gasteiger partial charge < -0.3 is 5.11 Å². The van der Waals surface area contributed by atoms with Gasteiger partial charge in [0.1, 0.15) is 6.10 Å². The van der Waals surface area contributed by atoms with Gasteiger partial charge in [-0.1, -0.05) is 43.8 Å². The van der Waals surface area contributed by atoms with Crippen LogP contribution in [0, 0.1) is 18.3 Å². The Morgan fingerprint density at radius 3 is 2.00 bits per heavy atom. The fourth-order valence-electron chi connectivity index (χ4n) is 2.18. The van der Waals surface area contributed by atoms with Crippen molar-refractivity contribution in [3.05, 3.63) is 11.1 Å². The van der Waals surface area contributed by atoms with Crippen molar-refractivity contribution in [1.82, 2.24) is 0 Å².